The number of fused-ring (bicyclic) bond motifs is 1. The maximum atomic E-state index is 11.4. The summed E-state index contributed by atoms with van der Waals surface area (Å²) in [6.07, 6.45) is 2.14. The fraction of sp³-hybridized carbons (Fsp3) is 0.286. The van der Waals surface area contributed by atoms with Crippen molar-refractivity contribution in [1.29, 1.82) is 0 Å². The fourth-order valence-electron chi connectivity index (χ4n) is 1.48. The van der Waals surface area contributed by atoms with Crippen LogP contribution in [0.1, 0.15) is 19.4 Å². The summed E-state index contributed by atoms with van der Waals surface area (Å²) in [5.41, 5.74) is 0.789. The Morgan fingerprint density at radius 3 is 2.79 bits per heavy atom. The van der Waals surface area contributed by atoms with E-state index in [9.17, 15) is 9.59 Å². The molecule has 0 saturated heterocycles. The third-order valence-corrected chi connectivity index (χ3v) is 2.67. The molecule has 1 aromatic carbocycles. The van der Waals surface area contributed by atoms with Crippen molar-refractivity contribution in [3.05, 3.63) is 29.8 Å². The summed E-state index contributed by atoms with van der Waals surface area (Å²) in [5.74, 6) is 0.586. The van der Waals surface area contributed by atoms with Gasteiger partial charge in [0.2, 0.25) is 6.79 Å². The Hall–Kier alpha value is -2.30. The number of esters is 1. The van der Waals surface area contributed by atoms with Crippen LogP contribution in [0.4, 0.5) is 0 Å². The molecule has 0 aromatic heterocycles. The lowest BCUT2D eigenvalue weighted by Crippen LogP contribution is -2.20. The first-order chi connectivity index (χ1) is 9.06. The Balaban J connectivity index is 1.98. The van der Waals surface area contributed by atoms with Gasteiger partial charge in [0.05, 0.1) is 0 Å². The summed E-state index contributed by atoms with van der Waals surface area (Å²) in [5, 5.41) is 0. The van der Waals surface area contributed by atoms with E-state index < -0.39 is 12.1 Å². The van der Waals surface area contributed by atoms with E-state index in [0.717, 1.165) is 5.56 Å². The Kier molecular flexibility index (Phi) is 3.85. The van der Waals surface area contributed by atoms with Crippen LogP contribution in [0, 0.1) is 0 Å². The molecule has 0 saturated carbocycles. The van der Waals surface area contributed by atoms with Crippen molar-refractivity contribution >= 4 is 17.8 Å². The van der Waals surface area contributed by atoms with Gasteiger partial charge in [-0.3, -0.25) is 4.79 Å². The van der Waals surface area contributed by atoms with Crippen LogP contribution in [0.15, 0.2) is 24.3 Å². The van der Waals surface area contributed by atoms with Crippen LogP contribution >= 0.6 is 0 Å². The van der Waals surface area contributed by atoms with Crippen LogP contribution in [0.25, 0.3) is 6.08 Å². The van der Waals surface area contributed by atoms with Gasteiger partial charge in [0.1, 0.15) is 0 Å². The first-order valence-electron chi connectivity index (χ1n) is 5.85. The summed E-state index contributed by atoms with van der Waals surface area (Å²) in [6.45, 7) is 3.12. The second-order valence-electron chi connectivity index (χ2n) is 4.14. The molecular weight excluding hydrogens is 248 g/mol. The second-order valence-corrected chi connectivity index (χ2v) is 4.14. The van der Waals surface area contributed by atoms with E-state index in [1.165, 1.54) is 19.9 Å². The minimum absolute atomic E-state index is 0.190. The molecule has 0 fully saturated rings. The number of ether oxygens (including phenoxy) is 3. The van der Waals surface area contributed by atoms with E-state index in [-0.39, 0.29) is 12.6 Å². The van der Waals surface area contributed by atoms with Crippen LogP contribution in [0.5, 0.6) is 11.5 Å². The molecule has 0 radical (unpaired) electrons. The number of rotatable bonds is 4. The van der Waals surface area contributed by atoms with Gasteiger partial charge < -0.3 is 14.2 Å². The molecule has 0 amide bonds. The Bertz CT molecular complexity index is 533. The number of ketones is 1. The third-order valence-electron chi connectivity index (χ3n) is 2.67. The van der Waals surface area contributed by atoms with E-state index in [0.29, 0.717) is 11.5 Å². The zero-order chi connectivity index (χ0) is 13.8. The summed E-state index contributed by atoms with van der Waals surface area (Å²) >= 11 is 0. The third kappa shape index (κ3) is 3.34. The van der Waals surface area contributed by atoms with Crippen molar-refractivity contribution in [3.63, 3.8) is 0 Å². The highest BCUT2D eigenvalue weighted by Crippen LogP contribution is 2.32. The lowest BCUT2D eigenvalue weighted by molar-refractivity contribution is -0.148. The molecular formula is C14H14O5. The van der Waals surface area contributed by atoms with Gasteiger partial charge in [-0.1, -0.05) is 6.07 Å². The Morgan fingerprint density at radius 1 is 1.32 bits per heavy atom. The van der Waals surface area contributed by atoms with Crippen molar-refractivity contribution in [1.82, 2.24) is 0 Å². The monoisotopic (exact) mass is 262 g/mol. The standard InChI is InChI=1S/C14H14O5/c1-9(15)10(2)19-14(16)6-4-11-3-5-12-13(7-11)18-8-17-12/h3-7,10H,8H2,1-2H3/b6-4-/t10-/m0/s1. The molecule has 0 N–H and O–H groups in total. The van der Waals surface area contributed by atoms with Crippen molar-refractivity contribution in [2.24, 2.45) is 0 Å². The molecule has 0 bridgehead atoms. The molecule has 0 unspecified atom stereocenters. The van der Waals surface area contributed by atoms with Gasteiger partial charge in [-0.25, -0.2) is 4.79 Å². The summed E-state index contributed by atoms with van der Waals surface area (Å²) in [7, 11) is 0. The quantitative estimate of drug-likeness (QED) is 0.613. The molecule has 100 valence electrons. The second kappa shape index (κ2) is 5.56. The molecule has 5 nitrogen and oxygen atoms in total. The van der Waals surface area contributed by atoms with Gasteiger partial charge in [-0.2, -0.15) is 0 Å². The number of benzene rings is 1. The molecule has 0 spiro atoms. The van der Waals surface area contributed by atoms with Crippen LogP contribution < -0.4 is 9.47 Å². The number of hydrogen-bond acceptors (Lipinski definition) is 5. The molecule has 5 heteroatoms. The number of hydrogen-bond donors (Lipinski definition) is 0. The summed E-state index contributed by atoms with van der Waals surface area (Å²) < 4.78 is 15.3. The number of carbonyl (C=O) groups is 2. The Labute approximate surface area is 110 Å². The minimum atomic E-state index is -0.728. The van der Waals surface area contributed by atoms with E-state index >= 15 is 0 Å². The van der Waals surface area contributed by atoms with Crippen molar-refractivity contribution in [3.8, 4) is 11.5 Å². The highest BCUT2D eigenvalue weighted by atomic mass is 16.7. The molecule has 19 heavy (non-hydrogen) atoms. The predicted octanol–water partition coefficient (Wildman–Crippen LogP) is 1.95. The van der Waals surface area contributed by atoms with E-state index in [1.54, 1.807) is 24.3 Å². The number of Topliss-reactive ketones (excluding diaryl/α,β-unsaturated/α-hetero) is 1. The summed E-state index contributed by atoms with van der Waals surface area (Å²) in [6, 6.07) is 5.33. The van der Waals surface area contributed by atoms with Crippen molar-refractivity contribution in [2.75, 3.05) is 6.79 Å². The van der Waals surface area contributed by atoms with Gasteiger partial charge in [0.15, 0.2) is 23.4 Å². The molecule has 2 rings (SSSR count). The smallest absolute Gasteiger partial charge is 0.331 e. The molecule has 0 aliphatic carbocycles. The molecule has 1 aliphatic rings. The van der Waals surface area contributed by atoms with E-state index in [1.807, 2.05) is 0 Å². The van der Waals surface area contributed by atoms with Gasteiger partial charge in [-0.15, -0.1) is 0 Å². The lowest BCUT2D eigenvalue weighted by Gasteiger charge is -2.06. The van der Waals surface area contributed by atoms with E-state index in [4.69, 9.17) is 14.2 Å². The van der Waals surface area contributed by atoms with Crippen molar-refractivity contribution in [2.45, 2.75) is 20.0 Å². The first kappa shape index (κ1) is 13.1. The topological polar surface area (TPSA) is 61.8 Å². The summed E-state index contributed by atoms with van der Waals surface area (Å²) in [4.78, 5) is 22.4. The average Bonchev–Trinajstić information content (AvgIpc) is 2.83. The zero-order valence-electron chi connectivity index (χ0n) is 10.7. The highest BCUT2D eigenvalue weighted by Gasteiger charge is 2.13. The molecule has 1 heterocycles. The fourth-order valence-corrected chi connectivity index (χ4v) is 1.48. The maximum absolute atomic E-state index is 11.4. The maximum Gasteiger partial charge on any atom is 0.331 e. The zero-order valence-corrected chi connectivity index (χ0v) is 10.7. The van der Waals surface area contributed by atoms with Crippen LogP contribution in [-0.2, 0) is 14.3 Å². The van der Waals surface area contributed by atoms with Crippen LogP contribution in [0.3, 0.4) is 0 Å². The van der Waals surface area contributed by atoms with Crippen LogP contribution in [-0.4, -0.2) is 24.6 Å². The molecule has 1 aromatic rings. The van der Waals surface area contributed by atoms with Gasteiger partial charge >= 0.3 is 5.97 Å². The Morgan fingerprint density at radius 2 is 2.05 bits per heavy atom. The highest BCUT2D eigenvalue weighted by molar-refractivity contribution is 5.90. The largest absolute Gasteiger partial charge is 0.454 e. The first-order valence-corrected chi connectivity index (χ1v) is 5.85. The SMILES string of the molecule is CC(=O)[C@H](C)OC(=O)/C=C\c1ccc2c(c1)OCO2. The molecule has 1 aliphatic heterocycles. The van der Waals surface area contributed by atoms with Gasteiger partial charge in [-0.05, 0) is 37.6 Å². The van der Waals surface area contributed by atoms with E-state index in [2.05, 4.69) is 0 Å². The van der Waals surface area contributed by atoms with Crippen LogP contribution in [0.2, 0.25) is 0 Å². The minimum Gasteiger partial charge on any atom is -0.454 e. The van der Waals surface area contributed by atoms with Gasteiger partial charge in [0.25, 0.3) is 0 Å². The normalized spacial score (nSPS) is 14.4. The van der Waals surface area contributed by atoms with Gasteiger partial charge in [0, 0.05) is 6.08 Å². The average molecular weight is 262 g/mol. The number of carbonyl (C=O) groups excluding carboxylic acids is 2. The molecule has 1 atom stereocenters. The lowest BCUT2D eigenvalue weighted by atomic mass is 10.2. The predicted molar refractivity (Wildman–Crippen MR) is 67.8 cm³/mol. The van der Waals surface area contributed by atoms with Crippen molar-refractivity contribution < 1.29 is 23.8 Å².